The van der Waals surface area contributed by atoms with E-state index in [1.807, 2.05) is 0 Å². The number of carboxylic acid groups (broad SMARTS) is 1. The molecule has 8 nitrogen and oxygen atoms in total. The Kier molecular flexibility index (Phi) is 4.49. The van der Waals surface area contributed by atoms with Crippen molar-refractivity contribution in [1.82, 2.24) is 20.0 Å². The summed E-state index contributed by atoms with van der Waals surface area (Å²) in [5.74, 6) is -0.836. The zero-order chi connectivity index (χ0) is 15.4. The minimum Gasteiger partial charge on any atom is -0.478 e. The molecule has 0 saturated carbocycles. The molecule has 21 heavy (non-hydrogen) atoms. The third-order valence-corrected chi connectivity index (χ3v) is 3.09. The first-order valence-electron chi connectivity index (χ1n) is 6.38. The van der Waals surface area contributed by atoms with Gasteiger partial charge in [0.1, 0.15) is 5.56 Å². The molecule has 2 aromatic rings. The lowest BCUT2D eigenvalue weighted by atomic mass is 10.1. The third-order valence-electron chi connectivity index (χ3n) is 3.09. The van der Waals surface area contributed by atoms with E-state index in [-0.39, 0.29) is 11.4 Å². The normalized spacial score (nSPS) is 10.6. The Hall–Kier alpha value is -2.48. The van der Waals surface area contributed by atoms with Crippen molar-refractivity contribution in [1.29, 1.82) is 0 Å². The molecular formula is C13H17N5O3. The van der Waals surface area contributed by atoms with E-state index < -0.39 is 5.97 Å². The number of carboxylic acids is 1. The number of ether oxygens (including phenoxy) is 1. The van der Waals surface area contributed by atoms with Crippen LogP contribution in [0.15, 0.2) is 12.4 Å². The number of carbonyl (C=O) groups is 1. The molecule has 0 aromatic carbocycles. The number of aromatic carboxylic acids is 1. The summed E-state index contributed by atoms with van der Waals surface area (Å²) in [5, 5.41) is 24.3. The topological polar surface area (TPSA) is 102 Å². The fourth-order valence-corrected chi connectivity index (χ4v) is 1.83. The van der Waals surface area contributed by atoms with Gasteiger partial charge in [-0.05, 0) is 19.4 Å². The van der Waals surface area contributed by atoms with Crippen LogP contribution in [-0.2, 0) is 11.3 Å². The second-order valence-corrected chi connectivity index (χ2v) is 4.55. The van der Waals surface area contributed by atoms with E-state index in [2.05, 4.69) is 20.6 Å². The molecule has 0 spiro atoms. The van der Waals surface area contributed by atoms with Gasteiger partial charge in [-0.25, -0.2) is 4.79 Å². The van der Waals surface area contributed by atoms with Gasteiger partial charge in [-0.3, -0.25) is 4.68 Å². The van der Waals surface area contributed by atoms with Gasteiger partial charge in [-0.2, -0.15) is 10.2 Å². The lowest BCUT2D eigenvalue weighted by Gasteiger charge is -2.09. The Labute approximate surface area is 121 Å². The number of methoxy groups -OCH3 is 1. The van der Waals surface area contributed by atoms with Crippen LogP contribution in [0.2, 0.25) is 0 Å². The second kappa shape index (κ2) is 6.31. The molecule has 0 aliphatic carbocycles. The molecule has 0 unspecified atom stereocenters. The van der Waals surface area contributed by atoms with Gasteiger partial charge in [0, 0.05) is 13.3 Å². The highest BCUT2D eigenvalue weighted by Gasteiger charge is 2.18. The first-order valence-corrected chi connectivity index (χ1v) is 6.38. The number of aromatic nitrogens is 4. The molecule has 0 bridgehead atoms. The summed E-state index contributed by atoms with van der Waals surface area (Å²) in [6.07, 6.45) is 3.35. The zero-order valence-electron chi connectivity index (χ0n) is 12.1. The zero-order valence-corrected chi connectivity index (χ0v) is 12.1. The van der Waals surface area contributed by atoms with Gasteiger partial charge >= 0.3 is 5.97 Å². The number of aryl methyl sites for hydroxylation is 1. The Bertz CT molecular complexity index is 653. The van der Waals surface area contributed by atoms with Crippen molar-refractivity contribution >= 4 is 17.5 Å². The predicted molar refractivity (Wildman–Crippen MR) is 75.9 cm³/mol. The average Bonchev–Trinajstić information content (AvgIpc) is 2.88. The van der Waals surface area contributed by atoms with Crippen LogP contribution in [0.4, 0.5) is 11.5 Å². The number of nitrogens with zero attached hydrogens (tertiary/aromatic N) is 4. The fourth-order valence-electron chi connectivity index (χ4n) is 1.83. The van der Waals surface area contributed by atoms with Crippen LogP contribution in [0.25, 0.3) is 0 Å². The summed E-state index contributed by atoms with van der Waals surface area (Å²) in [6.45, 7) is 4.59. The van der Waals surface area contributed by atoms with Gasteiger partial charge in [0.25, 0.3) is 0 Å². The minimum absolute atomic E-state index is 0.118. The molecule has 0 amide bonds. The van der Waals surface area contributed by atoms with E-state index >= 15 is 0 Å². The molecule has 0 aliphatic rings. The first-order chi connectivity index (χ1) is 10.0. The van der Waals surface area contributed by atoms with Crippen molar-refractivity contribution in [2.75, 3.05) is 19.0 Å². The average molecular weight is 291 g/mol. The van der Waals surface area contributed by atoms with Crippen LogP contribution in [-0.4, -0.2) is 44.8 Å². The molecule has 2 aromatic heterocycles. The van der Waals surface area contributed by atoms with Crippen LogP contribution in [0.1, 0.15) is 21.6 Å². The second-order valence-electron chi connectivity index (χ2n) is 4.55. The van der Waals surface area contributed by atoms with Gasteiger partial charge in [-0.1, -0.05) is 0 Å². The van der Waals surface area contributed by atoms with Gasteiger partial charge in [-0.15, -0.1) is 5.10 Å². The molecule has 0 atom stereocenters. The Morgan fingerprint density at radius 1 is 1.43 bits per heavy atom. The highest BCUT2D eigenvalue weighted by molar-refractivity contribution is 5.95. The Morgan fingerprint density at radius 3 is 2.86 bits per heavy atom. The van der Waals surface area contributed by atoms with Crippen molar-refractivity contribution in [2.45, 2.75) is 20.4 Å². The monoisotopic (exact) mass is 291 g/mol. The molecule has 0 saturated heterocycles. The van der Waals surface area contributed by atoms with Crippen molar-refractivity contribution in [2.24, 2.45) is 0 Å². The molecule has 0 radical (unpaired) electrons. The quantitative estimate of drug-likeness (QED) is 0.828. The maximum Gasteiger partial charge on any atom is 0.339 e. The largest absolute Gasteiger partial charge is 0.478 e. The highest BCUT2D eigenvalue weighted by atomic mass is 16.5. The fraction of sp³-hybridized carbons (Fsp3) is 0.385. The third kappa shape index (κ3) is 3.34. The summed E-state index contributed by atoms with van der Waals surface area (Å²) in [4.78, 5) is 11.4. The summed E-state index contributed by atoms with van der Waals surface area (Å²) in [5.41, 5.74) is 1.94. The van der Waals surface area contributed by atoms with Crippen LogP contribution < -0.4 is 5.32 Å². The number of anilines is 2. The maximum atomic E-state index is 11.4. The summed E-state index contributed by atoms with van der Waals surface area (Å²) < 4.78 is 6.67. The first kappa shape index (κ1) is 14.9. The summed E-state index contributed by atoms with van der Waals surface area (Å²) in [7, 11) is 1.62. The molecule has 2 heterocycles. The Morgan fingerprint density at radius 2 is 2.19 bits per heavy atom. The van der Waals surface area contributed by atoms with E-state index in [1.54, 1.807) is 38.0 Å². The van der Waals surface area contributed by atoms with E-state index in [1.165, 1.54) is 0 Å². The predicted octanol–water partition coefficient (Wildman–Crippen LogP) is 1.38. The lowest BCUT2D eigenvalue weighted by Crippen LogP contribution is -2.10. The van der Waals surface area contributed by atoms with Crippen LogP contribution in [0.5, 0.6) is 0 Å². The number of nitrogens with one attached hydrogen (secondary N) is 1. The van der Waals surface area contributed by atoms with E-state index in [9.17, 15) is 9.90 Å². The summed E-state index contributed by atoms with van der Waals surface area (Å²) >= 11 is 0. The molecule has 2 N–H and O–H groups in total. The van der Waals surface area contributed by atoms with Crippen LogP contribution in [0.3, 0.4) is 0 Å². The Balaban J connectivity index is 2.25. The smallest absolute Gasteiger partial charge is 0.339 e. The molecular weight excluding hydrogens is 274 g/mol. The molecule has 0 aliphatic heterocycles. The lowest BCUT2D eigenvalue weighted by molar-refractivity contribution is 0.0696. The minimum atomic E-state index is -1.04. The molecule has 2 rings (SSSR count). The molecule has 0 fully saturated rings. The van der Waals surface area contributed by atoms with E-state index in [0.29, 0.717) is 30.1 Å². The standard InChI is InChI=1S/C13H17N5O3/c1-8-9(2)16-17-12(11(8)13(19)20)15-10-6-14-18(7-10)4-5-21-3/h6-7H,4-5H2,1-3H3,(H,15,17)(H,19,20). The summed E-state index contributed by atoms with van der Waals surface area (Å²) in [6, 6.07) is 0. The van der Waals surface area contributed by atoms with Gasteiger partial charge < -0.3 is 15.2 Å². The van der Waals surface area contributed by atoms with Crippen molar-refractivity contribution < 1.29 is 14.6 Å². The van der Waals surface area contributed by atoms with Gasteiger partial charge in [0.05, 0.1) is 30.7 Å². The van der Waals surface area contributed by atoms with Crippen molar-refractivity contribution in [3.8, 4) is 0 Å². The SMILES string of the molecule is COCCn1cc(Nc2nnc(C)c(C)c2C(=O)O)cn1. The van der Waals surface area contributed by atoms with Crippen LogP contribution in [0, 0.1) is 13.8 Å². The van der Waals surface area contributed by atoms with Crippen LogP contribution >= 0.6 is 0 Å². The maximum absolute atomic E-state index is 11.4. The number of hydrogen-bond donors (Lipinski definition) is 2. The van der Waals surface area contributed by atoms with Crippen molar-refractivity contribution in [3.05, 3.63) is 29.2 Å². The molecule has 8 heteroatoms. The number of hydrogen-bond acceptors (Lipinski definition) is 6. The van der Waals surface area contributed by atoms with Gasteiger partial charge in [0.2, 0.25) is 0 Å². The van der Waals surface area contributed by atoms with E-state index in [4.69, 9.17) is 4.74 Å². The van der Waals surface area contributed by atoms with Gasteiger partial charge in [0.15, 0.2) is 5.82 Å². The highest BCUT2D eigenvalue weighted by Crippen LogP contribution is 2.22. The van der Waals surface area contributed by atoms with E-state index in [0.717, 1.165) is 0 Å². The number of rotatable bonds is 6. The van der Waals surface area contributed by atoms with Crippen molar-refractivity contribution in [3.63, 3.8) is 0 Å². The molecule has 112 valence electrons.